The number of benzene rings is 2. The molecule has 0 unspecified atom stereocenters. The van der Waals surface area contributed by atoms with Crippen molar-refractivity contribution in [1.29, 1.82) is 0 Å². The summed E-state index contributed by atoms with van der Waals surface area (Å²) in [5.74, 6) is 3.33. The number of ether oxygens (including phenoxy) is 3. The van der Waals surface area contributed by atoms with Gasteiger partial charge >= 0.3 is 0 Å². The number of aromatic nitrogens is 2. The molecule has 0 radical (unpaired) electrons. The van der Waals surface area contributed by atoms with Crippen LogP contribution >= 0.6 is 0 Å². The van der Waals surface area contributed by atoms with Gasteiger partial charge in [0.1, 0.15) is 11.6 Å². The molecule has 0 atom stereocenters. The van der Waals surface area contributed by atoms with Crippen molar-refractivity contribution in [2.24, 2.45) is 0 Å². The molecule has 3 aromatic rings. The molecule has 0 saturated carbocycles. The largest absolute Gasteiger partial charge is 0.496 e. The molecule has 1 heterocycles. The Hall–Kier alpha value is -3.48. The van der Waals surface area contributed by atoms with Gasteiger partial charge < -0.3 is 24.8 Å². The predicted molar refractivity (Wildman–Crippen MR) is 105 cm³/mol. The van der Waals surface area contributed by atoms with Crippen LogP contribution in [0.3, 0.4) is 0 Å². The monoisotopic (exact) mass is 366 g/mol. The maximum Gasteiger partial charge on any atom is 0.224 e. The number of methoxy groups -OCH3 is 3. The van der Waals surface area contributed by atoms with Gasteiger partial charge in [0.15, 0.2) is 11.5 Å². The lowest BCUT2D eigenvalue weighted by Gasteiger charge is -2.12. The van der Waals surface area contributed by atoms with E-state index < -0.39 is 0 Å². The van der Waals surface area contributed by atoms with E-state index >= 15 is 0 Å². The van der Waals surface area contributed by atoms with Crippen LogP contribution < -0.4 is 24.8 Å². The molecular formula is C20H22N4O3. The quantitative estimate of drug-likeness (QED) is 0.627. The van der Waals surface area contributed by atoms with Crippen LogP contribution in [0.25, 0.3) is 0 Å². The molecule has 7 heteroatoms. The second kappa shape index (κ2) is 8.75. The minimum atomic E-state index is 0.520. The number of hydrogen-bond donors (Lipinski definition) is 2. The Balaban J connectivity index is 1.70. The van der Waals surface area contributed by atoms with E-state index in [0.717, 1.165) is 17.0 Å². The molecule has 2 N–H and O–H groups in total. The van der Waals surface area contributed by atoms with E-state index in [1.165, 1.54) is 0 Å². The highest BCUT2D eigenvalue weighted by Crippen LogP contribution is 2.30. The molecule has 0 fully saturated rings. The van der Waals surface area contributed by atoms with Gasteiger partial charge in [-0.05, 0) is 24.3 Å². The van der Waals surface area contributed by atoms with Gasteiger partial charge in [-0.1, -0.05) is 18.2 Å². The third-order valence-corrected chi connectivity index (χ3v) is 3.94. The normalized spacial score (nSPS) is 10.2. The third-order valence-electron chi connectivity index (χ3n) is 3.94. The topological polar surface area (TPSA) is 77.5 Å². The van der Waals surface area contributed by atoms with E-state index in [1.54, 1.807) is 33.6 Å². The average molecular weight is 366 g/mol. The van der Waals surface area contributed by atoms with E-state index in [9.17, 15) is 0 Å². The lowest BCUT2D eigenvalue weighted by Crippen LogP contribution is -2.06. The van der Waals surface area contributed by atoms with Gasteiger partial charge in [0.2, 0.25) is 5.95 Å². The first-order chi connectivity index (χ1) is 13.2. The van der Waals surface area contributed by atoms with Crippen LogP contribution in [0.5, 0.6) is 17.2 Å². The second-order valence-corrected chi connectivity index (χ2v) is 5.63. The second-order valence-electron chi connectivity index (χ2n) is 5.63. The van der Waals surface area contributed by atoms with E-state index in [0.29, 0.717) is 29.8 Å². The Bertz CT molecular complexity index is 902. The SMILES string of the molecule is COc1ccccc1CNc1nccc(Nc2ccc(OC)c(OC)c2)n1. The number of para-hydroxylation sites is 1. The number of anilines is 3. The fraction of sp³-hybridized carbons (Fsp3) is 0.200. The summed E-state index contributed by atoms with van der Waals surface area (Å²) >= 11 is 0. The summed E-state index contributed by atoms with van der Waals surface area (Å²) in [6, 6.07) is 15.2. The third kappa shape index (κ3) is 4.58. The highest BCUT2D eigenvalue weighted by atomic mass is 16.5. The molecule has 0 aliphatic rings. The van der Waals surface area contributed by atoms with Gasteiger partial charge in [0.05, 0.1) is 21.3 Å². The maximum atomic E-state index is 5.36. The Morgan fingerprint density at radius 3 is 2.41 bits per heavy atom. The zero-order valence-electron chi connectivity index (χ0n) is 15.5. The van der Waals surface area contributed by atoms with Crippen LogP contribution in [0.4, 0.5) is 17.5 Å². The number of hydrogen-bond acceptors (Lipinski definition) is 7. The lowest BCUT2D eigenvalue weighted by atomic mass is 10.2. The molecule has 27 heavy (non-hydrogen) atoms. The molecule has 140 valence electrons. The summed E-state index contributed by atoms with van der Waals surface area (Å²) < 4.78 is 15.9. The van der Waals surface area contributed by atoms with Crippen molar-refractivity contribution in [3.05, 3.63) is 60.3 Å². The minimum Gasteiger partial charge on any atom is -0.496 e. The van der Waals surface area contributed by atoms with Crippen molar-refractivity contribution in [3.8, 4) is 17.2 Å². The maximum absolute atomic E-state index is 5.36. The van der Waals surface area contributed by atoms with E-state index in [4.69, 9.17) is 14.2 Å². The molecule has 1 aromatic heterocycles. The van der Waals surface area contributed by atoms with Crippen LogP contribution in [0, 0.1) is 0 Å². The molecule has 0 spiro atoms. The smallest absolute Gasteiger partial charge is 0.224 e. The first kappa shape index (κ1) is 18.3. The average Bonchev–Trinajstić information content (AvgIpc) is 2.72. The van der Waals surface area contributed by atoms with Crippen LogP contribution in [-0.2, 0) is 6.54 Å². The van der Waals surface area contributed by atoms with Crippen molar-refractivity contribution in [2.75, 3.05) is 32.0 Å². The van der Waals surface area contributed by atoms with E-state index in [-0.39, 0.29) is 0 Å². The van der Waals surface area contributed by atoms with Crippen LogP contribution in [0.2, 0.25) is 0 Å². The zero-order valence-corrected chi connectivity index (χ0v) is 15.5. The van der Waals surface area contributed by atoms with Gasteiger partial charge in [0, 0.05) is 30.1 Å². The van der Waals surface area contributed by atoms with E-state index in [2.05, 4.69) is 20.6 Å². The predicted octanol–water partition coefficient (Wildman–Crippen LogP) is 3.86. The van der Waals surface area contributed by atoms with Gasteiger partial charge in [0.25, 0.3) is 0 Å². The lowest BCUT2D eigenvalue weighted by molar-refractivity contribution is 0.355. The van der Waals surface area contributed by atoms with Gasteiger partial charge in [-0.3, -0.25) is 0 Å². The molecule has 0 aliphatic heterocycles. The van der Waals surface area contributed by atoms with Crippen molar-refractivity contribution in [3.63, 3.8) is 0 Å². The Kier molecular flexibility index (Phi) is 5.94. The molecule has 2 aromatic carbocycles. The molecule has 3 rings (SSSR count). The van der Waals surface area contributed by atoms with Crippen LogP contribution in [-0.4, -0.2) is 31.3 Å². The van der Waals surface area contributed by atoms with Gasteiger partial charge in [-0.15, -0.1) is 0 Å². The Labute approximate surface area is 158 Å². The van der Waals surface area contributed by atoms with Crippen molar-refractivity contribution in [2.45, 2.75) is 6.54 Å². The van der Waals surface area contributed by atoms with Crippen LogP contribution in [0.1, 0.15) is 5.56 Å². The molecule has 7 nitrogen and oxygen atoms in total. The number of rotatable bonds is 8. The number of nitrogens with zero attached hydrogens (tertiary/aromatic N) is 2. The summed E-state index contributed by atoms with van der Waals surface area (Å²) in [6.07, 6.45) is 1.70. The van der Waals surface area contributed by atoms with E-state index in [1.807, 2.05) is 42.5 Å². The first-order valence-corrected chi connectivity index (χ1v) is 8.41. The fourth-order valence-corrected chi connectivity index (χ4v) is 2.60. The number of nitrogens with one attached hydrogen (secondary N) is 2. The standard InChI is InChI=1S/C20H22N4O3/c1-25-16-7-5-4-6-14(16)13-22-20-21-11-10-19(24-20)23-15-8-9-17(26-2)18(12-15)27-3/h4-12H,13H2,1-3H3,(H2,21,22,23,24). The molecular weight excluding hydrogens is 344 g/mol. The summed E-state index contributed by atoms with van der Waals surface area (Å²) in [7, 11) is 4.87. The Morgan fingerprint density at radius 2 is 1.63 bits per heavy atom. The molecule has 0 amide bonds. The first-order valence-electron chi connectivity index (χ1n) is 8.41. The molecule has 0 bridgehead atoms. The zero-order chi connectivity index (χ0) is 19.1. The summed E-state index contributed by atoms with van der Waals surface area (Å²) in [4.78, 5) is 8.76. The minimum absolute atomic E-state index is 0.520. The summed E-state index contributed by atoms with van der Waals surface area (Å²) in [5, 5.41) is 6.46. The molecule has 0 saturated heterocycles. The van der Waals surface area contributed by atoms with Gasteiger partial charge in [-0.25, -0.2) is 4.98 Å². The van der Waals surface area contributed by atoms with Crippen molar-refractivity contribution < 1.29 is 14.2 Å². The van der Waals surface area contributed by atoms with Crippen molar-refractivity contribution >= 4 is 17.5 Å². The van der Waals surface area contributed by atoms with Crippen LogP contribution in [0.15, 0.2) is 54.7 Å². The molecule has 0 aliphatic carbocycles. The summed E-state index contributed by atoms with van der Waals surface area (Å²) in [5.41, 5.74) is 1.86. The summed E-state index contributed by atoms with van der Waals surface area (Å²) in [6.45, 7) is 0.559. The van der Waals surface area contributed by atoms with Gasteiger partial charge in [-0.2, -0.15) is 4.98 Å². The Morgan fingerprint density at radius 1 is 0.852 bits per heavy atom. The van der Waals surface area contributed by atoms with Crippen molar-refractivity contribution in [1.82, 2.24) is 9.97 Å². The highest BCUT2D eigenvalue weighted by Gasteiger charge is 2.07. The highest BCUT2D eigenvalue weighted by molar-refractivity contribution is 5.61. The fourth-order valence-electron chi connectivity index (χ4n) is 2.60.